The molecule has 3 fully saturated rings. The van der Waals surface area contributed by atoms with Gasteiger partial charge in [-0.05, 0) is 82.6 Å². The third kappa shape index (κ3) is 5.05. The van der Waals surface area contributed by atoms with Gasteiger partial charge in [0.05, 0.1) is 17.3 Å². The van der Waals surface area contributed by atoms with Crippen molar-refractivity contribution in [1.29, 1.82) is 0 Å². The summed E-state index contributed by atoms with van der Waals surface area (Å²) >= 11 is 6.51. The molecule has 3 aromatic rings. The van der Waals surface area contributed by atoms with E-state index in [0.717, 1.165) is 49.8 Å². The van der Waals surface area contributed by atoms with Gasteiger partial charge in [-0.3, -0.25) is 8.87 Å². The molecule has 0 N–H and O–H groups in total. The zero-order valence-electron chi connectivity index (χ0n) is 20.7. The van der Waals surface area contributed by atoms with Crippen LogP contribution in [0.15, 0.2) is 23.8 Å². The number of thiol groups is 1. The zero-order valence-corrected chi connectivity index (χ0v) is 22.4. The number of rotatable bonds is 4. The maximum absolute atomic E-state index is 5.67. The van der Waals surface area contributed by atoms with Crippen molar-refractivity contribution < 1.29 is 4.74 Å². The maximum Gasteiger partial charge on any atom is 0.150 e. The van der Waals surface area contributed by atoms with E-state index in [1.807, 2.05) is 15.3 Å². The summed E-state index contributed by atoms with van der Waals surface area (Å²) in [4.78, 5) is 15.1. The molecular formula is C27H37N5OS2. The predicted octanol–water partition coefficient (Wildman–Crippen LogP) is 5.41. The topological polar surface area (TPSA) is 46.4 Å². The average Bonchev–Trinajstić information content (AvgIpc) is 3.39. The van der Waals surface area contributed by atoms with Gasteiger partial charge in [0, 0.05) is 60.4 Å². The van der Waals surface area contributed by atoms with E-state index in [4.69, 9.17) is 14.7 Å². The van der Waals surface area contributed by atoms with Crippen molar-refractivity contribution in [2.45, 2.75) is 62.8 Å². The summed E-state index contributed by atoms with van der Waals surface area (Å²) in [6, 6.07) is 3.09. The summed E-state index contributed by atoms with van der Waals surface area (Å²) in [5.74, 6) is 1.18. The van der Waals surface area contributed by atoms with Crippen LogP contribution in [-0.4, -0.2) is 76.2 Å². The van der Waals surface area contributed by atoms with Gasteiger partial charge in [-0.15, -0.1) is 11.3 Å². The minimum atomic E-state index is 0.590. The number of nitrogens with zero attached hydrogens (tertiary/aromatic N) is 5. The van der Waals surface area contributed by atoms with Crippen LogP contribution < -0.4 is 0 Å². The van der Waals surface area contributed by atoms with E-state index in [0.29, 0.717) is 17.9 Å². The summed E-state index contributed by atoms with van der Waals surface area (Å²) in [5, 5.41) is 4.71. The van der Waals surface area contributed by atoms with E-state index < -0.39 is 0 Å². The normalized spacial score (nSPS) is 25.8. The molecule has 1 saturated carbocycles. The number of aromatic nitrogens is 3. The number of hydrogen-bond acceptors (Lipinski definition) is 7. The van der Waals surface area contributed by atoms with Crippen LogP contribution in [0.3, 0.4) is 0 Å². The number of ether oxygens (including phenoxy) is 1. The van der Waals surface area contributed by atoms with Gasteiger partial charge in [0.25, 0.3) is 0 Å². The summed E-state index contributed by atoms with van der Waals surface area (Å²) < 4.78 is 7.53. The van der Waals surface area contributed by atoms with Crippen LogP contribution in [0.25, 0.3) is 22.3 Å². The molecule has 0 spiro atoms. The Morgan fingerprint density at radius 1 is 1.00 bits per heavy atom. The first-order chi connectivity index (χ1) is 17.2. The number of thiazole rings is 1. The first-order valence-electron chi connectivity index (χ1n) is 13.3. The number of likely N-dealkylation sites (tertiary alicyclic amines) is 1. The number of hydrogen-bond donors (Lipinski definition) is 1. The van der Waals surface area contributed by atoms with Gasteiger partial charge in [0.1, 0.15) is 5.65 Å². The van der Waals surface area contributed by atoms with Crippen molar-refractivity contribution in [1.82, 2.24) is 23.7 Å². The third-order valence-corrected chi connectivity index (χ3v) is 9.77. The third-order valence-electron chi connectivity index (χ3n) is 8.45. The standard InChI is InChI=1S/C27H37N5OS2/c1-30-10-7-20(8-11-30)27-29-25(18-35-27)24-17-32(34)26-23(24)15-21(16-28-26)19-3-5-22(6-4-19)31-9-2-13-33-14-12-31/h15-20,22,34H,2-14H2,1H3/t19-,22+. The van der Waals surface area contributed by atoms with E-state index in [1.165, 1.54) is 67.4 Å². The van der Waals surface area contributed by atoms with Gasteiger partial charge in [0.15, 0.2) is 0 Å². The molecular weight excluding hydrogens is 474 g/mol. The van der Waals surface area contributed by atoms with E-state index in [9.17, 15) is 0 Å². The minimum Gasteiger partial charge on any atom is -0.380 e. The first kappa shape index (κ1) is 23.9. The van der Waals surface area contributed by atoms with Crippen LogP contribution in [0.4, 0.5) is 0 Å². The second kappa shape index (κ2) is 10.5. The van der Waals surface area contributed by atoms with E-state index >= 15 is 0 Å². The highest BCUT2D eigenvalue weighted by Gasteiger charge is 2.28. The van der Waals surface area contributed by atoms with Gasteiger partial charge in [-0.1, -0.05) is 12.8 Å². The molecule has 6 rings (SSSR count). The Kier molecular flexibility index (Phi) is 7.18. The van der Waals surface area contributed by atoms with E-state index in [2.05, 4.69) is 53.5 Å². The zero-order chi connectivity index (χ0) is 23.8. The average molecular weight is 512 g/mol. The van der Waals surface area contributed by atoms with Gasteiger partial charge in [0.2, 0.25) is 0 Å². The maximum atomic E-state index is 5.67. The van der Waals surface area contributed by atoms with Crippen LogP contribution in [0.5, 0.6) is 0 Å². The molecule has 0 unspecified atom stereocenters. The Balaban J connectivity index is 1.20. The molecule has 3 aromatic heterocycles. The molecule has 0 aromatic carbocycles. The lowest BCUT2D eigenvalue weighted by molar-refractivity contribution is 0.118. The van der Waals surface area contributed by atoms with Crippen molar-refractivity contribution in [2.24, 2.45) is 0 Å². The molecule has 2 saturated heterocycles. The van der Waals surface area contributed by atoms with E-state index in [1.54, 1.807) is 0 Å². The fourth-order valence-electron chi connectivity index (χ4n) is 6.29. The molecule has 0 radical (unpaired) electrons. The molecule has 8 heteroatoms. The van der Waals surface area contributed by atoms with Crippen LogP contribution >= 0.6 is 24.2 Å². The van der Waals surface area contributed by atoms with Crippen LogP contribution in [0, 0.1) is 0 Å². The Labute approximate surface area is 218 Å². The largest absolute Gasteiger partial charge is 0.380 e. The van der Waals surface area contributed by atoms with Crippen molar-refractivity contribution in [2.75, 3.05) is 46.4 Å². The molecule has 1 aliphatic carbocycles. The summed E-state index contributed by atoms with van der Waals surface area (Å²) in [6.07, 6.45) is 12.8. The Morgan fingerprint density at radius 2 is 1.83 bits per heavy atom. The summed E-state index contributed by atoms with van der Waals surface area (Å²) in [7, 11) is 2.21. The molecule has 0 atom stereocenters. The molecule has 0 bridgehead atoms. The Bertz CT molecular complexity index is 1140. The first-order valence-corrected chi connectivity index (χ1v) is 14.6. The summed E-state index contributed by atoms with van der Waals surface area (Å²) in [6.45, 7) is 6.42. The van der Waals surface area contributed by atoms with Crippen molar-refractivity contribution in [3.05, 3.63) is 34.4 Å². The van der Waals surface area contributed by atoms with Gasteiger partial charge in [-0.2, -0.15) is 0 Å². The lowest BCUT2D eigenvalue weighted by Crippen LogP contribution is -2.39. The molecule has 188 valence electrons. The van der Waals surface area contributed by atoms with Gasteiger partial charge < -0.3 is 9.64 Å². The Morgan fingerprint density at radius 3 is 2.66 bits per heavy atom. The summed E-state index contributed by atoms with van der Waals surface area (Å²) in [5.41, 5.74) is 4.55. The second-order valence-electron chi connectivity index (χ2n) is 10.7. The Hall–Kier alpha value is -1.45. The highest BCUT2D eigenvalue weighted by molar-refractivity contribution is 7.78. The van der Waals surface area contributed by atoms with Crippen molar-refractivity contribution >= 4 is 35.2 Å². The molecule has 3 aliphatic rings. The van der Waals surface area contributed by atoms with Crippen LogP contribution in [-0.2, 0) is 4.74 Å². The smallest absolute Gasteiger partial charge is 0.150 e. The molecule has 6 nitrogen and oxygen atoms in total. The number of fused-ring (bicyclic) bond motifs is 1. The van der Waals surface area contributed by atoms with Gasteiger partial charge in [-0.25, -0.2) is 9.97 Å². The second-order valence-corrected chi connectivity index (χ2v) is 12.0. The minimum absolute atomic E-state index is 0.590. The number of pyridine rings is 1. The van der Waals surface area contributed by atoms with Gasteiger partial charge >= 0.3 is 0 Å². The molecule has 0 amide bonds. The lowest BCUT2D eigenvalue weighted by atomic mass is 9.81. The van der Waals surface area contributed by atoms with Crippen LogP contribution in [0.2, 0.25) is 0 Å². The molecule has 2 aliphatic heterocycles. The molecule has 35 heavy (non-hydrogen) atoms. The molecule has 5 heterocycles. The van der Waals surface area contributed by atoms with E-state index in [-0.39, 0.29) is 0 Å². The predicted molar refractivity (Wildman–Crippen MR) is 147 cm³/mol. The fourth-order valence-corrected chi connectivity index (χ4v) is 7.56. The van der Waals surface area contributed by atoms with Crippen molar-refractivity contribution in [3.63, 3.8) is 0 Å². The highest BCUT2D eigenvalue weighted by Crippen LogP contribution is 2.39. The SMILES string of the molecule is CN1CCC(c2nc(-c3cn(S)c4ncc([C@H]5CC[C@@H](N6CCCOCC6)CC5)cc34)cs2)CC1. The fraction of sp³-hybridized carbons (Fsp3) is 0.630. The van der Waals surface area contributed by atoms with Crippen LogP contribution in [0.1, 0.15) is 67.4 Å². The highest BCUT2D eigenvalue weighted by atomic mass is 32.1. The lowest BCUT2D eigenvalue weighted by Gasteiger charge is -2.36. The van der Waals surface area contributed by atoms with Crippen molar-refractivity contribution in [3.8, 4) is 11.3 Å². The number of piperidine rings is 1. The quantitative estimate of drug-likeness (QED) is 0.475. The monoisotopic (exact) mass is 511 g/mol.